The molecule has 13 heavy (non-hydrogen) atoms. The van der Waals surface area contributed by atoms with Crippen molar-refractivity contribution < 1.29 is 0 Å². The summed E-state index contributed by atoms with van der Waals surface area (Å²) in [6, 6.07) is 2.62. The summed E-state index contributed by atoms with van der Waals surface area (Å²) in [7, 11) is 0. The molecule has 1 saturated heterocycles. The fourth-order valence-corrected chi connectivity index (χ4v) is 3.19. The minimum absolute atomic E-state index is 0.157. The van der Waals surface area contributed by atoms with Crippen LogP contribution >= 0.6 is 11.8 Å². The zero-order chi connectivity index (χ0) is 9.68. The molecule has 0 N–H and O–H groups in total. The van der Waals surface area contributed by atoms with Crippen LogP contribution in [0.15, 0.2) is 0 Å². The first-order chi connectivity index (χ1) is 6.33. The first-order valence-electron chi connectivity index (χ1n) is 5.04. The lowest BCUT2D eigenvalue weighted by Gasteiger charge is -2.28. The third-order valence-electron chi connectivity index (χ3n) is 2.75. The van der Waals surface area contributed by atoms with Gasteiger partial charge in [0.05, 0.1) is 6.07 Å². The van der Waals surface area contributed by atoms with E-state index in [1.54, 1.807) is 0 Å². The van der Waals surface area contributed by atoms with Crippen LogP contribution in [-0.2, 0) is 0 Å². The number of nitriles is 1. The highest BCUT2D eigenvalue weighted by atomic mass is 32.2. The Kier molecular flexibility index (Phi) is 4.61. The molecule has 0 saturated carbocycles. The summed E-state index contributed by atoms with van der Waals surface area (Å²) in [5.74, 6) is 3.02. The third-order valence-corrected chi connectivity index (χ3v) is 3.94. The normalized spacial score (nSPS) is 24.6. The van der Waals surface area contributed by atoms with Crippen LogP contribution in [0.2, 0.25) is 0 Å². The van der Waals surface area contributed by atoms with Crippen molar-refractivity contribution in [2.75, 3.05) is 24.6 Å². The largest absolute Gasteiger partial charge is 0.288 e. The van der Waals surface area contributed by atoms with Gasteiger partial charge in [0.25, 0.3) is 0 Å². The van der Waals surface area contributed by atoms with Crippen molar-refractivity contribution >= 4 is 11.8 Å². The van der Waals surface area contributed by atoms with Crippen LogP contribution in [0.3, 0.4) is 0 Å². The lowest BCUT2D eigenvalue weighted by molar-refractivity contribution is 0.209. The molecule has 0 amide bonds. The van der Waals surface area contributed by atoms with E-state index in [2.05, 4.69) is 24.8 Å². The van der Waals surface area contributed by atoms with E-state index in [1.807, 2.05) is 11.8 Å². The minimum atomic E-state index is 0.157. The molecule has 2 atom stereocenters. The second kappa shape index (κ2) is 5.51. The van der Waals surface area contributed by atoms with Crippen molar-refractivity contribution in [1.29, 1.82) is 5.26 Å². The molecule has 74 valence electrons. The summed E-state index contributed by atoms with van der Waals surface area (Å²) < 4.78 is 0. The number of rotatable bonds is 4. The molecule has 0 radical (unpaired) electrons. The molecule has 1 heterocycles. The first kappa shape index (κ1) is 10.9. The van der Waals surface area contributed by atoms with Crippen LogP contribution < -0.4 is 0 Å². The van der Waals surface area contributed by atoms with Gasteiger partial charge in [0, 0.05) is 0 Å². The summed E-state index contributed by atoms with van der Waals surface area (Å²) in [5.41, 5.74) is 0. The Hall–Kier alpha value is -0.200. The second-order valence-electron chi connectivity index (χ2n) is 3.42. The number of hydrogen-bond acceptors (Lipinski definition) is 3. The van der Waals surface area contributed by atoms with Gasteiger partial charge in [0.2, 0.25) is 0 Å². The summed E-state index contributed by atoms with van der Waals surface area (Å²) in [5, 5.41) is 9.12. The van der Waals surface area contributed by atoms with Gasteiger partial charge in [-0.1, -0.05) is 13.8 Å². The average Bonchev–Trinajstić information content (AvgIpc) is 2.66. The smallest absolute Gasteiger partial charge is 0.101 e. The predicted octanol–water partition coefficient (Wildman–Crippen LogP) is 1.97. The molecule has 2 unspecified atom stereocenters. The standard InChI is InChI=1S/C10H18N2S/c1-3-12(4-2)10(7-11)9-5-6-13-8-9/h9-10H,3-6,8H2,1-2H3. The monoisotopic (exact) mass is 198 g/mol. The number of hydrogen-bond donors (Lipinski definition) is 0. The van der Waals surface area contributed by atoms with Crippen LogP contribution in [0.5, 0.6) is 0 Å². The van der Waals surface area contributed by atoms with Crippen LogP contribution in [0, 0.1) is 17.2 Å². The van der Waals surface area contributed by atoms with Gasteiger partial charge in [0.15, 0.2) is 0 Å². The van der Waals surface area contributed by atoms with E-state index in [0.29, 0.717) is 5.92 Å². The molecule has 1 fully saturated rings. The lowest BCUT2D eigenvalue weighted by Crippen LogP contribution is -2.39. The van der Waals surface area contributed by atoms with Crippen molar-refractivity contribution in [3.05, 3.63) is 0 Å². The van der Waals surface area contributed by atoms with Crippen molar-refractivity contribution in [2.24, 2.45) is 5.92 Å². The van der Waals surface area contributed by atoms with Gasteiger partial charge in [-0.05, 0) is 36.9 Å². The lowest BCUT2D eigenvalue weighted by atomic mass is 9.99. The highest BCUT2D eigenvalue weighted by Crippen LogP contribution is 2.28. The van der Waals surface area contributed by atoms with Gasteiger partial charge in [-0.2, -0.15) is 17.0 Å². The van der Waals surface area contributed by atoms with Crippen molar-refractivity contribution in [3.8, 4) is 6.07 Å². The maximum atomic E-state index is 9.12. The molecule has 1 aliphatic rings. The summed E-state index contributed by atoms with van der Waals surface area (Å²) in [6.45, 7) is 6.26. The van der Waals surface area contributed by atoms with E-state index < -0.39 is 0 Å². The molecule has 0 aromatic carbocycles. The fourth-order valence-electron chi connectivity index (χ4n) is 1.90. The third kappa shape index (κ3) is 2.62. The van der Waals surface area contributed by atoms with Gasteiger partial charge in [0.1, 0.15) is 6.04 Å². The van der Waals surface area contributed by atoms with Crippen molar-refractivity contribution in [3.63, 3.8) is 0 Å². The van der Waals surface area contributed by atoms with Gasteiger partial charge < -0.3 is 0 Å². The SMILES string of the molecule is CCN(CC)C(C#N)C1CCSC1. The predicted molar refractivity (Wildman–Crippen MR) is 57.8 cm³/mol. The maximum Gasteiger partial charge on any atom is 0.101 e. The molecule has 1 rings (SSSR count). The quantitative estimate of drug-likeness (QED) is 0.691. The van der Waals surface area contributed by atoms with Gasteiger partial charge in [-0.15, -0.1) is 0 Å². The Bertz CT molecular complexity index is 176. The van der Waals surface area contributed by atoms with Gasteiger partial charge in [-0.25, -0.2) is 0 Å². The van der Waals surface area contributed by atoms with E-state index >= 15 is 0 Å². The second-order valence-corrected chi connectivity index (χ2v) is 4.57. The zero-order valence-electron chi connectivity index (χ0n) is 8.49. The summed E-state index contributed by atoms with van der Waals surface area (Å²) in [4.78, 5) is 2.27. The Morgan fingerprint density at radius 2 is 2.23 bits per heavy atom. The molecular weight excluding hydrogens is 180 g/mol. The molecule has 1 aliphatic heterocycles. The van der Waals surface area contributed by atoms with E-state index in [4.69, 9.17) is 5.26 Å². The van der Waals surface area contributed by atoms with Crippen molar-refractivity contribution in [2.45, 2.75) is 26.3 Å². The Balaban J connectivity index is 2.54. The van der Waals surface area contributed by atoms with Crippen molar-refractivity contribution in [1.82, 2.24) is 4.90 Å². The highest BCUT2D eigenvalue weighted by molar-refractivity contribution is 7.99. The molecule has 0 aromatic rings. The van der Waals surface area contributed by atoms with Crippen LogP contribution in [0.1, 0.15) is 20.3 Å². The van der Waals surface area contributed by atoms with Crippen LogP contribution in [0.4, 0.5) is 0 Å². The highest BCUT2D eigenvalue weighted by Gasteiger charge is 2.28. The fraction of sp³-hybridized carbons (Fsp3) is 0.900. The first-order valence-corrected chi connectivity index (χ1v) is 6.20. The number of nitrogens with zero attached hydrogens (tertiary/aromatic N) is 2. The van der Waals surface area contributed by atoms with E-state index in [-0.39, 0.29) is 6.04 Å². The van der Waals surface area contributed by atoms with Gasteiger partial charge >= 0.3 is 0 Å². The van der Waals surface area contributed by atoms with Gasteiger partial charge in [-0.3, -0.25) is 4.90 Å². The molecule has 0 aromatic heterocycles. The van der Waals surface area contributed by atoms with E-state index in [1.165, 1.54) is 17.9 Å². The molecular formula is C10H18N2S. The molecule has 0 spiro atoms. The Morgan fingerprint density at radius 1 is 1.54 bits per heavy atom. The Labute approximate surface area is 85.3 Å². The summed E-state index contributed by atoms with van der Waals surface area (Å²) in [6.07, 6.45) is 1.22. The average molecular weight is 198 g/mol. The van der Waals surface area contributed by atoms with Crippen LogP contribution in [-0.4, -0.2) is 35.5 Å². The molecule has 2 nitrogen and oxygen atoms in total. The van der Waals surface area contributed by atoms with E-state index in [0.717, 1.165) is 13.1 Å². The number of thioether (sulfide) groups is 1. The molecule has 3 heteroatoms. The zero-order valence-corrected chi connectivity index (χ0v) is 9.31. The maximum absolute atomic E-state index is 9.12. The van der Waals surface area contributed by atoms with E-state index in [9.17, 15) is 0 Å². The summed E-state index contributed by atoms with van der Waals surface area (Å²) >= 11 is 1.99. The minimum Gasteiger partial charge on any atom is -0.288 e. The molecule has 0 aliphatic carbocycles. The topological polar surface area (TPSA) is 27.0 Å². The van der Waals surface area contributed by atoms with Crippen LogP contribution in [0.25, 0.3) is 0 Å². The molecule has 0 bridgehead atoms. The Morgan fingerprint density at radius 3 is 2.62 bits per heavy atom.